The summed E-state index contributed by atoms with van der Waals surface area (Å²) in [6.07, 6.45) is 5.95. The van der Waals surface area contributed by atoms with Crippen molar-refractivity contribution in [1.82, 2.24) is 10.3 Å². The Morgan fingerprint density at radius 1 is 1.55 bits per heavy atom. The topological polar surface area (TPSA) is 37.4 Å². The van der Waals surface area contributed by atoms with E-state index in [-0.39, 0.29) is 0 Å². The number of anilines is 1. The second-order valence-electron chi connectivity index (χ2n) is 5.39. The lowest BCUT2D eigenvalue weighted by atomic mass is 10.2. The van der Waals surface area contributed by atoms with Crippen LogP contribution in [0.15, 0.2) is 6.20 Å². The van der Waals surface area contributed by atoms with Gasteiger partial charge in [0.2, 0.25) is 0 Å². The molecule has 1 fully saturated rings. The number of ether oxygens (including phenoxy) is 1. The van der Waals surface area contributed by atoms with Gasteiger partial charge in [-0.2, -0.15) is 0 Å². The van der Waals surface area contributed by atoms with Crippen LogP contribution in [0.3, 0.4) is 0 Å². The van der Waals surface area contributed by atoms with Crippen LogP contribution in [-0.4, -0.2) is 37.3 Å². The lowest BCUT2D eigenvalue weighted by Gasteiger charge is -2.23. The van der Waals surface area contributed by atoms with Gasteiger partial charge in [-0.25, -0.2) is 4.98 Å². The van der Waals surface area contributed by atoms with Crippen molar-refractivity contribution in [2.45, 2.75) is 52.2 Å². The Morgan fingerprint density at radius 2 is 2.40 bits per heavy atom. The second kappa shape index (κ2) is 7.96. The van der Waals surface area contributed by atoms with E-state index in [0.29, 0.717) is 12.1 Å². The summed E-state index contributed by atoms with van der Waals surface area (Å²) in [4.78, 5) is 8.27. The minimum Gasteiger partial charge on any atom is -0.376 e. The van der Waals surface area contributed by atoms with E-state index in [4.69, 9.17) is 4.74 Å². The molecular weight excluding hydrogens is 270 g/mol. The van der Waals surface area contributed by atoms with E-state index >= 15 is 0 Å². The third-order valence-corrected chi connectivity index (χ3v) is 4.98. The highest BCUT2D eigenvalue weighted by Gasteiger charge is 2.20. The lowest BCUT2D eigenvalue weighted by Crippen LogP contribution is -2.31. The summed E-state index contributed by atoms with van der Waals surface area (Å²) in [5.41, 5.74) is 0. The number of nitrogens with zero attached hydrogens (tertiary/aromatic N) is 2. The van der Waals surface area contributed by atoms with Crippen LogP contribution in [0, 0.1) is 0 Å². The van der Waals surface area contributed by atoms with Crippen LogP contribution in [0.4, 0.5) is 5.13 Å². The predicted molar refractivity (Wildman–Crippen MR) is 85.7 cm³/mol. The molecule has 1 aromatic rings. The molecule has 0 bridgehead atoms. The molecule has 1 saturated heterocycles. The van der Waals surface area contributed by atoms with Gasteiger partial charge >= 0.3 is 0 Å². The normalized spacial score (nSPS) is 20.2. The molecule has 5 heteroatoms. The highest BCUT2D eigenvalue weighted by atomic mass is 32.1. The smallest absolute Gasteiger partial charge is 0.185 e. The zero-order valence-corrected chi connectivity index (χ0v) is 13.7. The number of nitrogens with one attached hydrogen (secondary N) is 1. The van der Waals surface area contributed by atoms with Gasteiger partial charge in [-0.05, 0) is 39.7 Å². The number of aromatic nitrogens is 1. The van der Waals surface area contributed by atoms with Crippen molar-refractivity contribution in [3.63, 3.8) is 0 Å². The van der Waals surface area contributed by atoms with E-state index in [0.717, 1.165) is 37.8 Å². The zero-order valence-electron chi connectivity index (χ0n) is 12.9. The minimum atomic E-state index is 0.387. The monoisotopic (exact) mass is 297 g/mol. The third kappa shape index (κ3) is 4.17. The second-order valence-corrected chi connectivity index (χ2v) is 6.44. The van der Waals surface area contributed by atoms with Gasteiger partial charge in [0.1, 0.15) is 0 Å². The molecule has 4 nitrogen and oxygen atoms in total. The summed E-state index contributed by atoms with van der Waals surface area (Å²) in [6, 6.07) is 0.391. The van der Waals surface area contributed by atoms with Crippen molar-refractivity contribution < 1.29 is 4.74 Å². The Kier molecular flexibility index (Phi) is 6.26. The van der Waals surface area contributed by atoms with Gasteiger partial charge in [0, 0.05) is 36.8 Å². The molecule has 1 aliphatic heterocycles. The summed E-state index contributed by atoms with van der Waals surface area (Å²) in [5, 5.41) is 4.65. The average molecular weight is 297 g/mol. The molecule has 0 aromatic carbocycles. The molecule has 1 aliphatic rings. The fourth-order valence-corrected chi connectivity index (χ4v) is 3.48. The molecule has 0 spiro atoms. The molecule has 20 heavy (non-hydrogen) atoms. The van der Waals surface area contributed by atoms with Crippen LogP contribution >= 0.6 is 11.3 Å². The molecule has 1 N–H and O–H groups in total. The summed E-state index contributed by atoms with van der Waals surface area (Å²) in [5.74, 6) is 0. The first kappa shape index (κ1) is 15.7. The van der Waals surface area contributed by atoms with E-state index in [9.17, 15) is 0 Å². The van der Waals surface area contributed by atoms with Gasteiger partial charge in [-0.3, -0.25) is 0 Å². The molecule has 0 aliphatic carbocycles. The van der Waals surface area contributed by atoms with Crippen LogP contribution in [-0.2, 0) is 4.74 Å². The summed E-state index contributed by atoms with van der Waals surface area (Å²) in [7, 11) is 0. The van der Waals surface area contributed by atoms with Crippen molar-refractivity contribution in [1.29, 1.82) is 0 Å². The summed E-state index contributed by atoms with van der Waals surface area (Å²) >= 11 is 1.80. The van der Waals surface area contributed by atoms with E-state index in [1.165, 1.54) is 17.7 Å². The fourth-order valence-electron chi connectivity index (χ4n) is 2.46. The Bertz CT molecular complexity index is 390. The average Bonchev–Trinajstić information content (AvgIpc) is 3.13. The quantitative estimate of drug-likeness (QED) is 0.799. The Labute approximate surface area is 126 Å². The van der Waals surface area contributed by atoms with Crippen molar-refractivity contribution in [2.24, 2.45) is 0 Å². The first-order valence-electron chi connectivity index (χ1n) is 7.80. The molecule has 114 valence electrons. The number of likely N-dealkylation sites (N-methyl/N-ethyl adjacent to an activating group) is 1. The van der Waals surface area contributed by atoms with Crippen molar-refractivity contribution >= 4 is 16.5 Å². The molecule has 2 atom stereocenters. The highest BCUT2D eigenvalue weighted by molar-refractivity contribution is 7.15. The van der Waals surface area contributed by atoms with Crippen LogP contribution in [0.1, 0.15) is 51.0 Å². The maximum Gasteiger partial charge on any atom is 0.185 e. The molecule has 2 unspecified atom stereocenters. The van der Waals surface area contributed by atoms with Crippen molar-refractivity contribution in [3.8, 4) is 0 Å². The summed E-state index contributed by atoms with van der Waals surface area (Å²) < 4.78 is 5.74. The van der Waals surface area contributed by atoms with Crippen LogP contribution in [0.25, 0.3) is 0 Å². The standard InChI is InChI=1S/C15H27N3OS/c1-4-8-16-12(3)14-10-17-15(20-14)18(5-2)11-13-7-6-9-19-13/h10,12-13,16H,4-9,11H2,1-3H3. The number of thiazole rings is 1. The van der Waals surface area contributed by atoms with Crippen LogP contribution in [0.5, 0.6) is 0 Å². The molecule has 0 radical (unpaired) electrons. The molecule has 0 amide bonds. The van der Waals surface area contributed by atoms with Gasteiger partial charge in [0.25, 0.3) is 0 Å². The van der Waals surface area contributed by atoms with Crippen molar-refractivity contribution in [3.05, 3.63) is 11.1 Å². The molecule has 0 saturated carbocycles. The Morgan fingerprint density at radius 3 is 3.05 bits per heavy atom. The van der Waals surface area contributed by atoms with Gasteiger partial charge in [0.15, 0.2) is 5.13 Å². The van der Waals surface area contributed by atoms with E-state index in [2.05, 4.69) is 36.0 Å². The van der Waals surface area contributed by atoms with Crippen LogP contribution in [0.2, 0.25) is 0 Å². The number of hydrogen-bond acceptors (Lipinski definition) is 5. The highest BCUT2D eigenvalue weighted by Crippen LogP contribution is 2.28. The van der Waals surface area contributed by atoms with Crippen molar-refractivity contribution in [2.75, 3.05) is 31.1 Å². The van der Waals surface area contributed by atoms with Gasteiger partial charge < -0.3 is 15.0 Å². The van der Waals surface area contributed by atoms with Gasteiger partial charge in [-0.15, -0.1) is 11.3 Å². The zero-order chi connectivity index (χ0) is 14.4. The summed E-state index contributed by atoms with van der Waals surface area (Å²) in [6.45, 7) is 10.5. The first-order chi connectivity index (χ1) is 9.74. The van der Waals surface area contributed by atoms with E-state index in [1.54, 1.807) is 11.3 Å². The van der Waals surface area contributed by atoms with Gasteiger partial charge in [-0.1, -0.05) is 6.92 Å². The maximum atomic E-state index is 5.74. The molecule has 2 rings (SSSR count). The largest absolute Gasteiger partial charge is 0.376 e. The van der Waals surface area contributed by atoms with Crippen LogP contribution < -0.4 is 10.2 Å². The molecular formula is C15H27N3OS. The fraction of sp³-hybridized carbons (Fsp3) is 0.800. The number of rotatable bonds is 8. The molecule has 1 aromatic heterocycles. The first-order valence-corrected chi connectivity index (χ1v) is 8.61. The number of hydrogen-bond donors (Lipinski definition) is 1. The third-order valence-electron chi connectivity index (χ3n) is 3.74. The van der Waals surface area contributed by atoms with E-state index in [1.807, 2.05) is 6.20 Å². The Balaban J connectivity index is 1.94. The maximum absolute atomic E-state index is 5.74. The SMILES string of the molecule is CCCNC(C)c1cnc(N(CC)CC2CCCO2)s1. The molecule has 2 heterocycles. The van der Waals surface area contributed by atoms with E-state index < -0.39 is 0 Å². The minimum absolute atomic E-state index is 0.387. The Hall–Kier alpha value is -0.650. The van der Waals surface area contributed by atoms with Gasteiger partial charge in [0.05, 0.1) is 6.10 Å². The lowest BCUT2D eigenvalue weighted by molar-refractivity contribution is 0.115. The predicted octanol–water partition coefficient (Wildman–Crippen LogP) is 3.21.